The van der Waals surface area contributed by atoms with E-state index in [-0.39, 0.29) is 5.91 Å². The lowest BCUT2D eigenvalue weighted by Gasteiger charge is -2.09. The van der Waals surface area contributed by atoms with Crippen LogP contribution < -0.4 is 16.6 Å². The van der Waals surface area contributed by atoms with Crippen LogP contribution in [0, 0.1) is 0 Å². The number of carbonyl (C=O) groups excluding carboxylic acids is 1. The maximum atomic E-state index is 12.0. The van der Waals surface area contributed by atoms with E-state index in [1.54, 1.807) is 6.07 Å². The molecule has 5 nitrogen and oxygen atoms in total. The molecule has 0 atom stereocenters. The zero-order valence-electron chi connectivity index (χ0n) is 10.9. The van der Waals surface area contributed by atoms with Crippen LogP contribution in [0.4, 0.5) is 5.82 Å². The third kappa shape index (κ3) is 3.00. The predicted octanol–water partition coefficient (Wildman–Crippen LogP) is 2.05. The summed E-state index contributed by atoms with van der Waals surface area (Å²) in [6.07, 6.45) is 2.00. The Morgan fingerprint density at radius 3 is 2.89 bits per heavy atom. The van der Waals surface area contributed by atoms with Gasteiger partial charge in [0.2, 0.25) is 0 Å². The van der Waals surface area contributed by atoms with E-state index in [1.807, 2.05) is 24.3 Å². The number of nitrogens with two attached hydrogens (primary N) is 1. The number of rotatable bonds is 5. The van der Waals surface area contributed by atoms with Gasteiger partial charge in [-0.25, -0.2) is 10.8 Å². The summed E-state index contributed by atoms with van der Waals surface area (Å²) < 4.78 is 0. The highest BCUT2D eigenvalue weighted by atomic mass is 16.1. The predicted molar refractivity (Wildman–Crippen MR) is 76.8 cm³/mol. The van der Waals surface area contributed by atoms with Crippen molar-refractivity contribution < 1.29 is 4.79 Å². The Morgan fingerprint density at radius 1 is 1.37 bits per heavy atom. The second-order valence-electron chi connectivity index (χ2n) is 4.33. The first-order valence-corrected chi connectivity index (χ1v) is 6.41. The summed E-state index contributed by atoms with van der Waals surface area (Å²) in [6.45, 7) is 2.74. The van der Waals surface area contributed by atoms with Crippen LogP contribution in [0.1, 0.15) is 30.3 Å². The van der Waals surface area contributed by atoms with E-state index in [2.05, 4.69) is 22.7 Å². The second-order valence-corrected chi connectivity index (χ2v) is 4.33. The molecule has 1 aromatic carbocycles. The Balaban J connectivity index is 2.31. The molecule has 0 unspecified atom stereocenters. The molecular formula is C14H18N4O. The number of nitrogens with zero attached hydrogens (tertiary/aromatic N) is 1. The van der Waals surface area contributed by atoms with Crippen LogP contribution in [0.25, 0.3) is 10.8 Å². The Hall–Kier alpha value is -2.14. The van der Waals surface area contributed by atoms with Crippen molar-refractivity contribution in [1.82, 2.24) is 10.3 Å². The normalized spacial score (nSPS) is 10.4. The van der Waals surface area contributed by atoms with Crippen LogP contribution in [0.2, 0.25) is 0 Å². The average Bonchev–Trinajstić information content (AvgIpc) is 2.46. The van der Waals surface area contributed by atoms with E-state index in [0.29, 0.717) is 18.1 Å². The molecule has 100 valence electrons. The molecule has 2 aromatic rings. The van der Waals surface area contributed by atoms with Crippen molar-refractivity contribution in [1.29, 1.82) is 0 Å². The molecule has 0 aliphatic heterocycles. The molecule has 2 rings (SSSR count). The van der Waals surface area contributed by atoms with Gasteiger partial charge in [0.25, 0.3) is 5.91 Å². The molecule has 0 radical (unpaired) electrons. The fraction of sp³-hybridized carbons (Fsp3) is 0.286. The monoisotopic (exact) mass is 258 g/mol. The van der Waals surface area contributed by atoms with E-state index in [4.69, 9.17) is 5.84 Å². The number of benzene rings is 1. The Morgan fingerprint density at radius 2 is 2.16 bits per heavy atom. The standard InChI is InChI=1S/C14H18N4O/c1-2-3-8-16-14(19)12-9-10-6-4-5-7-11(10)13(17-12)18-15/h4-7,9H,2-3,8,15H2,1H3,(H,16,19)(H,17,18). The number of pyridine rings is 1. The van der Waals surface area contributed by atoms with Crippen LogP contribution in [-0.4, -0.2) is 17.4 Å². The number of hydrogen-bond acceptors (Lipinski definition) is 4. The van der Waals surface area contributed by atoms with Gasteiger partial charge in [-0.1, -0.05) is 37.6 Å². The van der Waals surface area contributed by atoms with E-state index < -0.39 is 0 Å². The van der Waals surface area contributed by atoms with Crippen molar-refractivity contribution in [2.45, 2.75) is 19.8 Å². The summed E-state index contributed by atoms with van der Waals surface area (Å²) in [5.74, 6) is 5.80. The number of nitrogen functional groups attached to an aromatic ring is 1. The lowest BCUT2D eigenvalue weighted by Crippen LogP contribution is -2.25. The quantitative estimate of drug-likeness (QED) is 0.435. The molecule has 1 aromatic heterocycles. The summed E-state index contributed by atoms with van der Waals surface area (Å²) in [6, 6.07) is 9.45. The van der Waals surface area contributed by atoms with Gasteiger partial charge >= 0.3 is 0 Å². The molecule has 0 aliphatic rings. The molecule has 19 heavy (non-hydrogen) atoms. The molecule has 5 heteroatoms. The zero-order valence-corrected chi connectivity index (χ0v) is 10.9. The van der Waals surface area contributed by atoms with Crippen molar-refractivity contribution in [2.75, 3.05) is 12.0 Å². The largest absolute Gasteiger partial charge is 0.351 e. The third-order valence-electron chi connectivity index (χ3n) is 2.93. The smallest absolute Gasteiger partial charge is 0.269 e. The summed E-state index contributed by atoms with van der Waals surface area (Å²) in [5, 5.41) is 4.68. The number of carbonyl (C=O) groups is 1. The number of amides is 1. The summed E-state index contributed by atoms with van der Waals surface area (Å²) in [7, 11) is 0. The highest BCUT2D eigenvalue weighted by Crippen LogP contribution is 2.21. The van der Waals surface area contributed by atoms with Gasteiger partial charge in [0.15, 0.2) is 0 Å². The molecule has 0 spiro atoms. The molecule has 0 bridgehead atoms. The van der Waals surface area contributed by atoms with Crippen LogP contribution in [0.3, 0.4) is 0 Å². The summed E-state index contributed by atoms with van der Waals surface area (Å²) in [4.78, 5) is 16.2. The van der Waals surface area contributed by atoms with Crippen LogP contribution in [0.15, 0.2) is 30.3 Å². The minimum Gasteiger partial charge on any atom is -0.351 e. The number of fused-ring (bicyclic) bond motifs is 1. The number of hydrogen-bond donors (Lipinski definition) is 3. The van der Waals surface area contributed by atoms with Crippen LogP contribution >= 0.6 is 0 Å². The third-order valence-corrected chi connectivity index (χ3v) is 2.93. The van der Waals surface area contributed by atoms with Crippen molar-refractivity contribution in [3.63, 3.8) is 0 Å². The van der Waals surface area contributed by atoms with Crippen LogP contribution in [-0.2, 0) is 0 Å². The van der Waals surface area contributed by atoms with Gasteiger partial charge in [0.1, 0.15) is 11.5 Å². The minimum atomic E-state index is -0.171. The van der Waals surface area contributed by atoms with Crippen molar-refractivity contribution in [3.05, 3.63) is 36.0 Å². The maximum Gasteiger partial charge on any atom is 0.269 e. The highest BCUT2D eigenvalue weighted by Gasteiger charge is 2.10. The fourth-order valence-electron chi connectivity index (χ4n) is 1.89. The van der Waals surface area contributed by atoms with E-state index >= 15 is 0 Å². The Bertz CT molecular complexity index is 583. The maximum absolute atomic E-state index is 12.0. The van der Waals surface area contributed by atoms with Gasteiger partial charge < -0.3 is 10.7 Å². The van der Waals surface area contributed by atoms with Gasteiger partial charge in [-0.3, -0.25) is 4.79 Å². The molecule has 1 heterocycles. The molecule has 0 fully saturated rings. The summed E-state index contributed by atoms with van der Waals surface area (Å²) >= 11 is 0. The van der Waals surface area contributed by atoms with Gasteiger partial charge in [-0.2, -0.15) is 0 Å². The van der Waals surface area contributed by atoms with Gasteiger partial charge in [0.05, 0.1) is 0 Å². The lowest BCUT2D eigenvalue weighted by atomic mass is 10.1. The lowest BCUT2D eigenvalue weighted by molar-refractivity contribution is 0.0948. The fourth-order valence-corrected chi connectivity index (χ4v) is 1.89. The molecule has 0 saturated heterocycles. The number of nitrogens with one attached hydrogen (secondary N) is 2. The number of hydrazine groups is 1. The van der Waals surface area contributed by atoms with Gasteiger partial charge in [0, 0.05) is 11.9 Å². The van der Waals surface area contributed by atoms with Crippen molar-refractivity contribution in [2.24, 2.45) is 5.84 Å². The number of unbranched alkanes of at least 4 members (excludes halogenated alkanes) is 1. The molecule has 0 saturated carbocycles. The van der Waals surface area contributed by atoms with Gasteiger partial charge in [-0.05, 0) is 17.9 Å². The van der Waals surface area contributed by atoms with E-state index in [1.165, 1.54) is 0 Å². The van der Waals surface area contributed by atoms with Crippen molar-refractivity contribution in [3.8, 4) is 0 Å². The SMILES string of the molecule is CCCCNC(=O)c1cc2ccccc2c(NN)n1. The van der Waals surface area contributed by atoms with E-state index in [0.717, 1.165) is 23.6 Å². The van der Waals surface area contributed by atoms with Crippen LogP contribution in [0.5, 0.6) is 0 Å². The number of aromatic nitrogens is 1. The first kappa shape index (κ1) is 13.3. The van der Waals surface area contributed by atoms with Crippen molar-refractivity contribution >= 4 is 22.5 Å². The first-order valence-electron chi connectivity index (χ1n) is 6.41. The Kier molecular flexibility index (Phi) is 4.30. The topological polar surface area (TPSA) is 80.0 Å². The number of anilines is 1. The average molecular weight is 258 g/mol. The molecule has 0 aliphatic carbocycles. The second kappa shape index (κ2) is 6.15. The van der Waals surface area contributed by atoms with E-state index in [9.17, 15) is 4.79 Å². The zero-order chi connectivity index (χ0) is 13.7. The van der Waals surface area contributed by atoms with Gasteiger partial charge in [-0.15, -0.1) is 0 Å². The highest BCUT2D eigenvalue weighted by molar-refractivity contribution is 6.00. The molecular weight excluding hydrogens is 240 g/mol. The molecule has 4 N–H and O–H groups in total. The first-order chi connectivity index (χ1) is 9.26. The Labute approximate surface area is 112 Å². The summed E-state index contributed by atoms with van der Waals surface area (Å²) in [5.41, 5.74) is 2.92. The molecule has 1 amide bonds. The minimum absolute atomic E-state index is 0.171.